The van der Waals surface area contributed by atoms with Crippen molar-refractivity contribution in [2.24, 2.45) is 0 Å². The highest BCUT2D eigenvalue weighted by molar-refractivity contribution is 6.34. The molecule has 0 saturated heterocycles. The van der Waals surface area contributed by atoms with E-state index in [0.29, 0.717) is 0 Å². The first kappa shape index (κ1) is 14.4. The van der Waals surface area contributed by atoms with E-state index in [2.05, 4.69) is 89.9 Å². The summed E-state index contributed by atoms with van der Waals surface area (Å²) in [6, 6.07) is 30.9. The lowest BCUT2D eigenvalue weighted by molar-refractivity contribution is 1.41. The summed E-state index contributed by atoms with van der Waals surface area (Å²) in [5.74, 6) is 0. The summed E-state index contributed by atoms with van der Waals surface area (Å²) in [6.07, 6.45) is 1.92. The molecule has 0 aliphatic heterocycles. The molecule has 0 N–H and O–H groups in total. The molecule has 1 nitrogen and oxygen atoms in total. The Morgan fingerprint density at radius 2 is 1.18 bits per heavy atom. The maximum absolute atomic E-state index is 4.55. The molecule has 7 rings (SSSR count). The van der Waals surface area contributed by atoms with E-state index in [0.717, 1.165) is 5.52 Å². The van der Waals surface area contributed by atoms with Gasteiger partial charge in [-0.1, -0.05) is 72.8 Å². The molecule has 1 aromatic heterocycles. The zero-order valence-electron chi connectivity index (χ0n) is 15.1. The number of benzene rings is 5. The number of para-hydroxylation sites is 1. The van der Waals surface area contributed by atoms with Crippen LogP contribution in [0.2, 0.25) is 0 Å². The van der Waals surface area contributed by atoms with Gasteiger partial charge in [0.1, 0.15) is 0 Å². The summed E-state index contributed by atoms with van der Waals surface area (Å²) in [7, 11) is 0. The second-order valence-corrected chi connectivity index (χ2v) is 7.59. The molecule has 28 heavy (non-hydrogen) atoms. The van der Waals surface area contributed by atoms with Crippen LogP contribution in [0.4, 0.5) is 0 Å². The van der Waals surface area contributed by atoms with Gasteiger partial charge in [-0.05, 0) is 66.7 Å². The van der Waals surface area contributed by atoms with Crippen molar-refractivity contribution < 1.29 is 0 Å². The van der Waals surface area contributed by atoms with Crippen molar-refractivity contribution in [2.75, 3.05) is 0 Å². The highest BCUT2D eigenvalue weighted by Crippen LogP contribution is 2.49. The number of fused-ring (bicyclic) bond motifs is 2. The molecule has 1 aliphatic carbocycles. The summed E-state index contributed by atoms with van der Waals surface area (Å²) >= 11 is 0. The topological polar surface area (TPSA) is 12.9 Å². The molecule has 1 heteroatoms. The van der Waals surface area contributed by atoms with Crippen LogP contribution in [0.5, 0.6) is 0 Å². The number of nitrogens with zero attached hydrogens (tertiary/aromatic N) is 1. The standard InChI is InChI=1S/C27H15N/c1-2-7-24-20(5-1)19(14-15-28-24)18-12-13-23-21-6-3-4-16-8-9-17-10-11-22(18)27(23)26(17)25(16)21/h1-15H. The normalized spacial score (nSPS) is 12.3. The van der Waals surface area contributed by atoms with Gasteiger partial charge in [0.15, 0.2) is 0 Å². The van der Waals surface area contributed by atoms with E-state index in [4.69, 9.17) is 0 Å². The number of hydrogen-bond acceptors (Lipinski definition) is 1. The lowest BCUT2D eigenvalue weighted by Gasteiger charge is -2.12. The molecule has 0 radical (unpaired) electrons. The Balaban J connectivity index is 1.70. The van der Waals surface area contributed by atoms with E-state index < -0.39 is 0 Å². The Bertz CT molecular complexity index is 1600. The first-order valence-corrected chi connectivity index (χ1v) is 9.66. The molecule has 0 saturated carbocycles. The second kappa shape index (κ2) is 4.96. The quantitative estimate of drug-likeness (QED) is 0.281. The number of rotatable bonds is 1. The second-order valence-electron chi connectivity index (χ2n) is 7.59. The Morgan fingerprint density at radius 1 is 0.429 bits per heavy atom. The van der Waals surface area contributed by atoms with Crippen LogP contribution in [0.15, 0.2) is 91.1 Å². The minimum atomic E-state index is 1.04. The van der Waals surface area contributed by atoms with Crippen molar-refractivity contribution >= 4 is 43.2 Å². The van der Waals surface area contributed by atoms with Crippen LogP contribution in [0.3, 0.4) is 0 Å². The molecule has 0 amide bonds. The zero-order valence-corrected chi connectivity index (χ0v) is 15.1. The number of hydrogen-bond donors (Lipinski definition) is 0. The molecule has 128 valence electrons. The zero-order chi connectivity index (χ0) is 18.2. The van der Waals surface area contributed by atoms with Gasteiger partial charge in [0.2, 0.25) is 0 Å². The first-order valence-electron chi connectivity index (χ1n) is 9.66. The summed E-state index contributed by atoms with van der Waals surface area (Å²) in [5, 5.41) is 9.37. The molecule has 1 heterocycles. The van der Waals surface area contributed by atoms with Crippen LogP contribution in [0.25, 0.3) is 65.5 Å². The summed E-state index contributed by atoms with van der Waals surface area (Å²) in [4.78, 5) is 4.55. The van der Waals surface area contributed by atoms with E-state index in [-0.39, 0.29) is 0 Å². The van der Waals surface area contributed by atoms with Crippen LogP contribution in [0, 0.1) is 0 Å². The van der Waals surface area contributed by atoms with E-state index in [1.54, 1.807) is 0 Å². The summed E-state index contributed by atoms with van der Waals surface area (Å²) in [5.41, 5.74) is 6.29. The molecule has 0 bridgehead atoms. The van der Waals surface area contributed by atoms with E-state index in [9.17, 15) is 0 Å². The minimum absolute atomic E-state index is 1.04. The predicted octanol–water partition coefficient (Wildman–Crippen LogP) is 7.34. The average molecular weight is 353 g/mol. The summed E-state index contributed by atoms with van der Waals surface area (Å²) in [6.45, 7) is 0. The molecule has 0 unspecified atom stereocenters. The van der Waals surface area contributed by atoms with Crippen molar-refractivity contribution in [2.45, 2.75) is 0 Å². The fourth-order valence-electron chi connectivity index (χ4n) is 5.05. The van der Waals surface area contributed by atoms with Gasteiger partial charge >= 0.3 is 0 Å². The average Bonchev–Trinajstić information content (AvgIpc) is 3.11. The molecule has 5 aromatic carbocycles. The van der Waals surface area contributed by atoms with Gasteiger partial charge in [-0.25, -0.2) is 0 Å². The maximum atomic E-state index is 4.55. The fourth-order valence-corrected chi connectivity index (χ4v) is 5.05. The van der Waals surface area contributed by atoms with Crippen LogP contribution in [-0.2, 0) is 0 Å². The van der Waals surface area contributed by atoms with E-state index >= 15 is 0 Å². The first-order chi connectivity index (χ1) is 13.9. The van der Waals surface area contributed by atoms with E-state index in [1.165, 1.54) is 60.0 Å². The van der Waals surface area contributed by atoms with Gasteiger partial charge in [-0.15, -0.1) is 0 Å². The van der Waals surface area contributed by atoms with Crippen LogP contribution in [0.1, 0.15) is 0 Å². The molecular formula is C27H15N. The third-order valence-electron chi connectivity index (χ3n) is 6.23. The molecular weight excluding hydrogens is 338 g/mol. The molecule has 0 spiro atoms. The monoisotopic (exact) mass is 353 g/mol. The lowest BCUT2D eigenvalue weighted by Crippen LogP contribution is -1.87. The van der Waals surface area contributed by atoms with Crippen LogP contribution >= 0.6 is 0 Å². The van der Waals surface area contributed by atoms with Gasteiger partial charge in [0, 0.05) is 11.6 Å². The Labute approximate surface area is 161 Å². The smallest absolute Gasteiger partial charge is 0.0708 e. The van der Waals surface area contributed by atoms with Crippen LogP contribution < -0.4 is 0 Å². The van der Waals surface area contributed by atoms with Gasteiger partial charge in [0.05, 0.1) is 5.52 Å². The van der Waals surface area contributed by atoms with Crippen molar-refractivity contribution in [3.63, 3.8) is 0 Å². The SMILES string of the molecule is c1cc2c3c(c1)ccc1ccc4c(-c5ccnc6ccccc56)ccc-2c4c13. The Kier molecular flexibility index (Phi) is 2.54. The van der Waals surface area contributed by atoms with Gasteiger partial charge < -0.3 is 0 Å². The molecule has 0 atom stereocenters. The Morgan fingerprint density at radius 3 is 2.14 bits per heavy atom. The van der Waals surface area contributed by atoms with Crippen molar-refractivity contribution in [1.82, 2.24) is 4.98 Å². The predicted molar refractivity (Wildman–Crippen MR) is 119 cm³/mol. The minimum Gasteiger partial charge on any atom is -0.256 e. The van der Waals surface area contributed by atoms with Crippen molar-refractivity contribution in [1.29, 1.82) is 0 Å². The fraction of sp³-hybridized carbons (Fsp3) is 0. The molecule has 0 fully saturated rings. The summed E-state index contributed by atoms with van der Waals surface area (Å²) < 4.78 is 0. The third-order valence-corrected chi connectivity index (χ3v) is 6.23. The van der Waals surface area contributed by atoms with Gasteiger partial charge in [-0.3, -0.25) is 4.98 Å². The third kappa shape index (κ3) is 1.65. The Hall–Kier alpha value is -3.71. The van der Waals surface area contributed by atoms with Crippen LogP contribution in [-0.4, -0.2) is 4.98 Å². The highest BCUT2D eigenvalue weighted by atomic mass is 14.6. The van der Waals surface area contributed by atoms with Gasteiger partial charge in [0.25, 0.3) is 0 Å². The molecule has 6 aromatic rings. The largest absolute Gasteiger partial charge is 0.256 e. The van der Waals surface area contributed by atoms with Crippen molar-refractivity contribution in [3.05, 3.63) is 91.1 Å². The van der Waals surface area contributed by atoms with Gasteiger partial charge in [-0.2, -0.15) is 0 Å². The number of aromatic nitrogens is 1. The van der Waals surface area contributed by atoms with Crippen molar-refractivity contribution in [3.8, 4) is 22.3 Å². The highest BCUT2D eigenvalue weighted by Gasteiger charge is 2.22. The number of pyridine rings is 1. The molecule has 1 aliphatic rings. The maximum Gasteiger partial charge on any atom is 0.0708 e. The lowest BCUT2D eigenvalue weighted by atomic mass is 9.92. The van der Waals surface area contributed by atoms with E-state index in [1.807, 2.05) is 6.20 Å².